The summed E-state index contributed by atoms with van der Waals surface area (Å²) in [6.45, 7) is 3.85. The third-order valence-corrected chi connectivity index (χ3v) is 4.19. The number of nitrogens with one attached hydrogen (secondary N) is 1. The van der Waals surface area contributed by atoms with Gasteiger partial charge in [0.15, 0.2) is 0 Å². The van der Waals surface area contributed by atoms with Crippen molar-refractivity contribution in [2.24, 2.45) is 0 Å². The molecule has 5 nitrogen and oxygen atoms in total. The van der Waals surface area contributed by atoms with E-state index in [2.05, 4.69) is 15.4 Å². The van der Waals surface area contributed by atoms with Crippen molar-refractivity contribution in [3.63, 3.8) is 0 Å². The maximum atomic E-state index is 10.1. The van der Waals surface area contributed by atoms with Crippen molar-refractivity contribution in [1.29, 1.82) is 0 Å². The largest absolute Gasteiger partial charge is 0.507 e. The summed E-state index contributed by atoms with van der Waals surface area (Å²) in [5.74, 6) is 0.913. The van der Waals surface area contributed by atoms with Gasteiger partial charge in [-0.05, 0) is 32.0 Å². The van der Waals surface area contributed by atoms with Crippen molar-refractivity contribution in [2.75, 3.05) is 0 Å². The zero-order valence-electron chi connectivity index (χ0n) is 13.9. The van der Waals surface area contributed by atoms with Gasteiger partial charge >= 0.3 is 0 Å². The third kappa shape index (κ3) is 2.70. The predicted octanol–water partition coefficient (Wildman–Crippen LogP) is 4.72. The molecule has 2 aromatic heterocycles. The molecule has 0 fully saturated rings. The number of rotatable bonds is 3. The molecule has 2 N–H and O–H groups in total. The lowest BCUT2D eigenvalue weighted by Crippen LogP contribution is -1.84. The van der Waals surface area contributed by atoms with Crippen molar-refractivity contribution in [1.82, 2.24) is 15.4 Å². The second kappa shape index (κ2) is 5.94. The minimum atomic E-state index is 0.203. The maximum Gasteiger partial charge on any atom is 0.143 e. The highest BCUT2D eigenvalue weighted by molar-refractivity contribution is 5.82. The quantitative estimate of drug-likeness (QED) is 0.569. The van der Waals surface area contributed by atoms with Crippen molar-refractivity contribution < 1.29 is 9.63 Å². The Balaban J connectivity index is 1.82. The Kier molecular flexibility index (Phi) is 3.61. The number of phenolic OH excluding ortho intramolecular Hbond substituents is 1. The van der Waals surface area contributed by atoms with Crippen LogP contribution in [-0.2, 0) is 0 Å². The van der Waals surface area contributed by atoms with Gasteiger partial charge in [-0.25, -0.2) is 0 Å². The Hall–Kier alpha value is -3.34. The molecule has 25 heavy (non-hydrogen) atoms. The molecule has 4 rings (SSSR count). The van der Waals surface area contributed by atoms with Crippen LogP contribution in [-0.4, -0.2) is 20.5 Å². The monoisotopic (exact) mass is 331 g/mol. The number of nitrogens with zero attached hydrogens (tertiary/aromatic N) is 2. The van der Waals surface area contributed by atoms with E-state index in [1.807, 2.05) is 62.4 Å². The van der Waals surface area contributed by atoms with Crippen LogP contribution in [0, 0.1) is 13.8 Å². The number of aromatic hydroxyl groups is 1. The molecular weight excluding hydrogens is 314 g/mol. The maximum absolute atomic E-state index is 10.1. The van der Waals surface area contributed by atoms with Crippen LogP contribution in [0.25, 0.3) is 33.8 Å². The molecule has 2 aromatic carbocycles. The van der Waals surface area contributed by atoms with E-state index in [0.29, 0.717) is 17.0 Å². The van der Waals surface area contributed by atoms with Gasteiger partial charge in [0.1, 0.15) is 17.2 Å². The smallest absolute Gasteiger partial charge is 0.143 e. The Labute approximate surface area is 144 Å². The first kappa shape index (κ1) is 15.2. The fraction of sp³-hybridized carbons (Fsp3) is 0.100. The average molecular weight is 331 g/mol. The van der Waals surface area contributed by atoms with E-state index in [1.54, 1.807) is 6.07 Å². The first-order valence-corrected chi connectivity index (χ1v) is 8.01. The van der Waals surface area contributed by atoms with Crippen molar-refractivity contribution in [3.05, 3.63) is 65.9 Å². The summed E-state index contributed by atoms with van der Waals surface area (Å²) in [5, 5.41) is 21.7. The molecule has 0 saturated heterocycles. The topological polar surface area (TPSA) is 74.9 Å². The molecule has 0 saturated carbocycles. The van der Waals surface area contributed by atoms with Crippen LogP contribution < -0.4 is 0 Å². The highest BCUT2D eigenvalue weighted by atomic mass is 16.5. The van der Waals surface area contributed by atoms with Gasteiger partial charge in [0.25, 0.3) is 0 Å². The molecule has 0 spiro atoms. The van der Waals surface area contributed by atoms with Crippen LogP contribution in [0.15, 0.2) is 59.1 Å². The number of benzene rings is 2. The number of H-pyrrole nitrogens is 1. The van der Waals surface area contributed by atoms with Gasteiger partial charge in [0.05, 0.1) is 17.0 Å². The second-order valence-corrected chi connectivity index (χ2v) is 6.02. The molecule has 0 amide bonds. The summed E-state index contributed by atoms with van der Waals surface area (Å²) in [6, 6.07) is 17.2. The fourth-order valence-corrected chi connectivity index (χ4v) is 2.93. The summed E-state index contributed by atoms with van der Waals surface area (Å²) in [6.07, 6.45) is 0. The Morgan fingerprint density at radius 3 is 2.60 bits per heavy atom. The lowest BCUT2D eigenvalue weighted by Gasteiger charge is -2.02. The van der Waals surface area contributed by atoms with Gasteiger partial charge in [0.2, 0.25) is 0 Å². The number of aromatic nitrogens is 3. The van der Waals surface area contributed by atoms with E-state index in [4.69, 9.17) is 4.52 Å². The highest BCUT2D eigenvalue weighted by Crippen LogP contribution is 2.36. The SMILES string of the molecule is Cc1ccc(O)c(-c2cc(-c3c(-c4ccccc4)noc3C)[nH]n2)c1. The summed E-state index contributed by atoms with van der Waals surface area (Å²) in [4.78, 5) is 0. The van der Waals surface area contributed by atoms with Gasteiger partial charge < -0.3 is 9.63 Å². The average Bonchev–Trinajstić information content (AvgIpc) is 3.24. The van der Waals surface area contributed by atoms with Crippen LogP contribution in [0.2, 0.25) is 0 Å². The lowest BCUT2D eigenvalue weighted by molar-refractivity contribution is 0.400. The molecule has 124 valence electrons. The summed E-state index contributed by atoms with van der Waals surface area (Å²) < 4.78 is 5.42. The molecular formula is C20H17N3O2. The number of aromatic amines is 1. The summed E-state index contributed by atoms with van der Waals surface area (Å²) in [7, 11) is 0. The van der Waals surface area contributed by atoms with Crippen LogP contribution in [0.1, 0.15) is 11.3 Å². The highest BCUT2D eigenvalue weighted by Gasteiger charge is 2.19. The van der Waals surface area contributed by atoms with Crippen LogP contribution >= 0.6 is 0 Å². The van der Waals surface area contributed by atoms with Crippen molar-refractivity contribution >= 4 is 0 Å². The summed E-state index contributed by atoms with van der Waals surface area (Å²) >= 11 is 0. The minimum Gasteiger partial charge on any atom is -0.507 e. The van der Waals surface area contributed by atoms with Gasteiger partial charge in [-0.1, -0.05) is 47.1 Å². The van der Waals surface area contributed by atoms with Gasteiger partial charge in [-0.2, -0.15) is 5.10 Å². The molecule has 0 aliphatic carbocycles. The Morgan fingerprint density at radius 1 is 1.00 bits per heavy atom. The number of aryl methyl sites for hydroxylation is 2. The number of phenols is 1. The minimum absolute atomic E-state index is 0.203. The van der Waals surface area contributed by atoms with Crippen molar-refractivity contribution in [2.45, 2.75) is 13.8 Å². The molecule has 0 unspecified atom stereocenters. The van der Waals surface area contributed by atoms with E-state index in [1.165, 1.54) is 0 Å². The molecule has 0 aliphatic rings. The van der Waals surface area contributed by atoms with Gasteiger partial charge in [-0.3, -0.25) is 5.10 Å². The van der Waals surface area contributed by atoms with E-state index in [0.717, 1.165) is 28.1 Å². The molecule has 4 aromatic rings. The standard InChI is InChI=1S/C20H17N3O2/c1-12-8-9-18(24)15(10-12)16-11-17(22-21-16)19-13(2)25-23-20(19)14-6-4-3-5-7-14/h3-11,24H,1-2H3,(H,21,22). The van der Waals surface area contributed by atoms with E-state index in [9.17, 15) is 5.11 Å². The normalized spacial score (nSPS) is 11.0. The van der Waals surface area contributed by atoms with Crippen LogP contribution in [0.4, 0.5) is 0 Å². The zero-order chi connectivity index (χ0) is 17.4. The Bertz CT molecular complexity index is 1030. The van der Waals surface area contributed by atoms with Crippen molar-refractivity contribution in [3.8, 4) is 39.5 Å². The molecule has 2 heterocycles. The second-order valence-electron chi connectivity index (χ2n) is 6.02. The predicted molar refractivity (Wildman–Crippen MR) is 96.1 cm³/mol. The number of hydrogen-bond acceptors (Lipinski definition) is 4. The van der Waals surface area contributed by atoms with Gasteiger partial charge in [0, 0.05) is 11.1 Å². The zero-order valence-corrected chi connectivity index (χ0v) is 13.9. The lowest BCUT2D eigenvalue weighted by atomic mass is 10.0. The van der Waals surface area contributed by atoms with E-state index >= 15 is 0 Å². The fourth-order valence-electron chi connectivity index (χ4n) is 2.93. The third-order valence-electron chi connectivity index (χ3n) is 4.19. The summed E-state index contributed by atoms with van der Waals surface area (Å²) in [5.41, 5.74) is 5.84. The molecule has 0 atom stereocenters. The van der Waals surface area contributed by atoms with Crippen LogP contribution in [0.5, 0.6) is 5.75 Å². The molecule has 0 aliphatic heterocycles. The first-order chi connectivity index (χ1) is 12.1. The van der Waals surface area contributed by atoms with Crippen LogP contribution in [0.3, 0.4) is 0 Å². The van der Waals surface area contributed by atoms with Gasteiger partial charge in [-0.15, -0.1) is 0 Å². The first-order valence-electron chi connectivity index (χ1n) is 8.01. The van der Waals surface area contributed by atoms with E-state index in [-0.39, 0.29) is 5.75 Å². The number of hydrogen-bond donors (Lipinski definition) is 2. The molecule has 0 radical (unpaired) electrons. The molecule has 0 bridgehead atoms. The molecule has 5 heteroatoms. The van der Waals surface area contributed by atoms with E-state index < -0.39 is 0 Å². The Morgan fingerprint density at radius 2 is 1.80 bits per heavy atom.